The van der Waals surface area contributed by atoms with Gasteiger partial charge >= 0.3 is 5.97 Å². The molecule has 1 saturated heterocycles. The molecule has 1 rings (SSSR count). The summed E-state index contributed by atoms with van der Waals surface area (Å²) in [5.74, 6) is -0.643. The third-order valence-corrected chi connectivity index (χ3v) is 4.31. The predicted molar refractivity (Wildman–Crippen MR) is 69.2 cm³/mol. The molecule has 0 bridgehead atoms. The van der Waals surface area contributed by atoms with Gasteiger partial charge in [-0.3, -0.25) is 4.79 Å². The third kappa shape index (κ3) is 3.19. The fourth-order valence-electron chi connectivity index (χ4n) is 2.65. The van der Waals surface area contributed by atoms with Gasteiger partial charge in [-0.15, -0.1) is 0 Å². The van der Waals surface area contributed by atoms with Crippen molar-refractivity contribution in [3.63, 3.8) is 0 Å². The molecule has 0 aromatic heterocycles. The first kappa shape index (κ1) is 14.5. The van der Waals surface area contributed by atoms with Crippen LogP contribution in [0.5, 0.6) is 0 Å². The van der Waals surface area contributed by atoms with E-state index in [1.165, 1.54) is 0 Å². The lowest BCUT2D eigenvalue weighted by Gasteiger charge is -2.32. The zero-order chi connectivity index (χ0) is 13.1. The number of carboxylic acid groups (broad SMARTS) is 1. The predicted octanol–water partition coefficient (Wildman–Crippen LogP) is 1.51. The molecule has 1 aliphatic rings. The number of hydrogen-bond donors (Lipinski definition) is 1. The highest BCUT2D eigenvalue weighted by atomic mass is 16.4. The highest BCUT2D eigenvalue weighted by Crippen LogP contribution is 2.29. The van der Waals surface area contributed by atoms with Crippen LogP contribution >= 0.6 is 0 Å². The van der Waals surface area contributed by atoms with Crippen molar-refractivity contribution in [2.75, 3.05) is 33.7 Å². The van der Waals surface area contributed by atoms with Crippen LogP contribution in [0, 0.1) is 5.41 Å². The van der Waals surface area contributed by atoms with Crippen molar-refractivity contribution in [1.82, 2.24) is 9.80 Å². The van der Waals surface area contributed by atoms with E-state index in [2.05, 4.69) is 23.9 Å². The van der Waals surface area contributed by atoms with Crippen molar-refractivity contribution in [2.45, 2.75) is 39.2 Å². The average Bonchev–Trinajstić information content (AvgIpc) is 2.74. The number of aliphatic carboxylic acids is 1. The quantitative estimate of drug-likeness (QED) is 0.767. The number of hydrogen-bond acceptors (Lipinski definition) is 3. The van der Waals surface area contributed by atoms with Gasteiger partial charge in [-0.05, 0) is 39.9 Å². The van der Waals surface area contributed by atoms with Gasteiger partial charge in [0.05, 0.1) is 5.41 Å². The first-order valence-electron chi connectivity index (χ1n) is 6.57. The Bertz CT molecular complexity index is 262. The van der Waals surface area contributed by atoms with Crippen LogP contribution in [0.25, 0.3) is 0 Å². The topological polar surface area (TPSA) is 43.8 Å². The molecule has 100 valence electrons. The molecule has 0 radical (unpaired) electrons. The molecule has 1 heterocycles. The number of likely N-dealkylation sites (tertiary alicyclic amines) is 1. The second kappa shape index (κ2) is 5.83. The van der Waals surface area contributed by atoms with E-state index in [0.717, 1.165) is 19.5 Å². The zero-order valence-corrected chi connectivity index (χ0v) is 11.6. The highest BCUT2D eigenvalue weighted by Gasteiger charge is 2.38. The van der Waals surface area contributed by atoms with E-state index < -0.39 is 11.4 Å². The van der Waals surface area contributed by atoms with Crippen LogP contribution in [0.15, 0.2) is 0 Å². The van der Waals surface area contributed by atoms with E-state index in [1.54, 1.807) is 0 Å². The summed E-state index contributed by atoms with van der Waals surface area (Å²) in [7, 11) is 4.19. The van der Waals surface area contributed by atoms with E-state index in [0.29, 0.717) is 25.4 Å². The van der Waals surface area contributed by atoms with E-state index in [4.69, 9.17) is 0 Å². The lowest BCUT2D eigenvalue weighted by Crippen LogP contribution is -2.42. The molecule has 1 unspecified atom stereocenters. The van der Waals surface area contributed by atoms with Gasteiger partial charge in [0.2, 0.25) is 0 Å². The minimum absolute atomic E-state index is 0.554. The molecule has 1 aliphatic heterocycles. The molecule has 1 atom stereocenters. The fraction of sp³-hybridized carbons (Fsp3) is 0.923. The molecular formula is C13H26N2O2. The van der Waals surface area contributed by atoms with Crippen molar-refractivity contribution < 1.29 is 9.90 Å². The van der Waals surface area contributed by atoms with Gasteiger partial charge in [0, 0.05) is 19.1 Å². The molecule has 4 nitrogen and oxygen atoms in total. The summed E-state index contributed by atoms with van der Waals surface area (Å²) in [4.78, 5) is 16.0. The van der Waals surface area contributed by atoms with Crippen molar-refractivity contribution in [3.8, 4) is 0 Å². The molecule has 0 aliphatic carbocycles. The lowest BCUT2D eigenvalue weighted by molar-refractivity contribution is -0.150. The Balaban J connectivity index is 2.61. The van der Waals surface area contributed by atoms with Crippen molar-refractivity contribution in [1.29, 1.82) is 0 Å². The van der Waals surface area contributed by atoms with Crippen LogP contribution in [0.3, 0.4) is 0 Å². The van der Waals surface area contributed by atoms with Gasteiger partial charge in [0.15, 0.2) is 0 Å². The second-order valence-electron chi connectivity index (χ2n) is 5.43. The number of nitrogens with zero attached hydrogens (tertiary/aromatic N) is 2. The first-order valence-corrected chi connectivity index (χ1v) is 6.57. The Morgan fingerprint density at radius 1 is 1.41 bits per heavy atom. The number of likely N-dealkylation sites (N-methyl/N-ethyl adjacent to an activating group) is 1. The Labute approximate surface area is 105 Å². The standard InChI is InChI=1S/C13H26N2O2/c1-5-13(6-2,12(16)17)10-15-8-7-11(9-15)14(3)4/h11H,5-10H2,1-4H3,(H,16,17). The molecular weight excluding hydrogens is 216 g/mol. The van der Waals surface area contributed by atoms with Crippen LogP contribution in [-0.4, -0.2) is 60.6 Å². The molecule has 4 heteroatoms. The molecule has 0 spiro atoms. The van der Waals surface area contributed by atoms with E-state index in [1.807, 2.05) is 13.8 Å². The average molecular weight is 242 g/mol. The van der Waals surface area contributed by atoms with Gasteiger partial charge in [0.1, 0.15) is 0 Å². The largest absolute Gasteiger partial charge is 0.481 e. The number of carboxylic acids is 1. The van der Waals surface area contributed by atoms with Gasteiger partial charge in [-0.2, -0.15) is 0 Å². The summed E-state index contributed by atoms with van der Waals surface area (Å²) >= 11 is 0. The normalized spacial score (nSPS) is 22.3. The lowest BCUT2D eigenvalue weighted by atomic mass is 9.82. The zero-order valence-electron chi connectivity index (χ0n) is 11.6. The van der Waals surface area contributed by atoms with Crippen LogP contribution in [0.4, 0.5) is 0 Å². The Hall–Kier alpha value is -0.610. The molecule has 1 fully saturated rings. The summed E-state index contributed by atoms with van der Waals surface area (Å²) in [6.07, 6.45) is 2.57. The molecule has 17 heavy (non-hydrogen) atoms. The minimum Gasteiger partial charge on any atom is -0.481 e. The van der Waals surface area contributed by atoms with Gasteiger partial charge in [-0.1, -0.05) is 13.8 Å². The highest BCUT2D eigenvalue weighted by molar-refractivity contribution is 5.74. The second-order valence-corrected chi connectivity index (χ2v) is 5.43. The SMILES string of the molecule is CCC(CC)(CN1CCC(N(C)C)C1)C(=O)O. The van der Waals surface area contributed by atoms with E-state index in [9.17, 15) is 9.90 Å². The minimum atomic E-state index is -0.643. The third-order valence-electron chi connectivity index (χ3n) is 4.31. The van der Waals surface area contributed by atoms with Crippen molar-refractivity contribution in [3.05, 3.63) is 0 Å². The Morgan fingerprint density at radius 3 is 2.35 bits per heavy atom. The van der Waals surface area contributed by atoms with Crippen molar-refractivity contribution in [2.24, 2.45) is 5.41 Å². The van der Waals surface area contributed by atoms with Crippen molar-refractivity contribution >= 4 is 5.97 Å². The smallest absolute Gasteiger partial charge is 0.310 e. The summed E-state index contributed by atoms with van der Waals surface area (Å²) in [6.45, 7) is 6.69. The summed E-state index contributed by atoms with van der Waals surface area (Å²) in [5.41, 5.74) is -0.554. The van der Waals surface area contributed by atoms with E-state index >= 15 is 0 Å². The number of carbonyl (C=O) groups is 1. The van der Waals surface area contributed by atoms with Gasteiger partial charge in [0.25, 0.3) is 0 Å². The summed E-state index contributed by atoms with van der Waals surface area (Å²) < 4.78 is 0. The fourth-order valence-corrected chi connectivity index (χ4v) is 2.65. The van der Waals surface area contributed by atoms with Crippen LogP contribution in [-0.2, 0) is 4.79 Å². The Morgan fingerprint density at radius 2 is 2.00 bits per heavy atom. The maximum absolute atomic E-state index is 11.4. The molecule has 0 aromatic carbocycles. The van der Waals surface area contributed by atoms with Crippen LogP contribution in [0.2, 0.25) is 0 Å². The molecule has 1 N–H and O–H groups in total. The van der Waals surface area contributed by atoms with Gasteiger partial charge in [-0.25, -0.2) is 0 Å². The van der Waals surface area contributed by atoms with Gasteiger partial charge < -0.3 is 14.9 Å². The molecule has 0 saturated carbocycles. The monoisotopic (exact) mass is 242 g/mol. The number of rotatable bonds is 6. The maximum atomic E-state index is 11.4. The molecule has 0 amide bonds. The maximum Gasteiger partial charge on any atom is 0.310 e. The van der Waals surface area contributed by atoms with Crippen LogP contribution < -0.4 is 0 Å². The summed E-state index contributed by atoms with van der Waals surface area (Å²) in [5, 5.41) is 9.42. The summed E-state index contributed by atoms with van der Waals surface area (Å²) in [6, 6.07) is 0.579. The van der Waals surface area contributed by atoms with Crippen LogP contribution in [0.1, 0.15) is 33.1 Å². The van der Waals surface area contributed by atoms with E-state index in [-0.39, 0.29) is 0 Å². The first-order chi connectivity index (χ1) is 7.95. The Kier molecular flexibility index (Phi) is 4.95. The molecule has 0 aromatic rings.